The molecule has 324 valence electrons. The summed E-state index contributed by atoms with van der Waals surface area (Å²) in [6.07, 6.45) is 0. The SMILES string of the molecule is Cc1cc2c3c(c1)N(c1ccccc1-c1ccc(C(C)(C)C)cc1)c1cccc4c1B3c1c(cccc1[Si]4(c1ccccc1)c1ccccc1)N2c1ccccc1-c1ccc(C(C)(C)C)cc1. The Morgan fingerprint density at radius 1 is 0.358 bits per heavy atom. The highest BCUT2D eigenvalue weighted by atomic mass is 28.3. The van der Waals surface area contributed by atoms with Crippen LogP contribution in [0.15, 0.2) is 206 Å². The summed E-state index contributed by atoms with van der Waals surface area (Å²) in [4.78, 5) is 5.27. The van der Waals surface area contributed by atoms with Crippen molar-refractivity contribution in [3.8, 4) is 22.3 Å². The van der Waals surface area contributed by atoms with Crippen LogP contribution in [0.3, 0.4) is 0 Å². The van der Waals surface area contributed by atoms with Crippen molar-refractivity contribution in [1.29, 1.82) is 0 Å². The Morgan fingerprint density at radius 2 is 0.731 bits per heavy atom. The molecular weight excluding hydrogens is 824 g/mol. The van der Waals surface area contributed by atoms with Gasteiger partial charge in [0.05, 0.1) is 11.4 Å². The monoisotopic (exact) mass is 878 g/mol. The summed E-state index contributed by atoms with van der Waals surface area (Å²) in [5, 5.41) is 5.75. The van der Waals surface area contributed by atoms with E-state index in [0.29, 0.717) is 0 Å². The van der Waals surface area contributed by atoms with Gasteiger partial charge < -0.3 is 9.80 Å². The van der Waals surface area contributed by atoms with Gasteiger partial charge >= 0.3 is 0 Å². The smallest absolute Gasteiger partial charge is 0.251 e. The fraction of sp³-hybridized carbons (Fsp3) is 0.143. The third-order valence-electron chi connectivity index (χ3n) is 14.9. The molecule has 0 unspecified atom stereocenters. The van der Waals surface area contributed by atoms with E-state index in [2.05, 4.69) is 265 Å². The fourth-order valence-corrected chi connectivity index (χ4v) is 17.1. The molecule has 0 bridgehead atoms. The number of para-hydroxylation sites is 2. The molecule has 0 N–H and O–H groups in total. The summed E-state index contributed by atoms with van der Waals surface area (Å²) in [5.74, 6) is 0. The van der Waals surface area contributed by atoms with Gasteiger partial charge in [-0.2, -0.15) is 0 Å². The van der Waals surface area contributed by atoms with Crippen molar-refractivity contribution in [2.24, 2.45) is 0 Å². The third-order valence-corrected chi connectivity index (χ3v) is 19.8. The first-order valence-electron chi connectivity index (χ1n) is 24.0. The molecule has 0 radical (unpaired) electrons. The highest BCUT2D eigenvalue weighted by molar-refractivity contribution is 7.27. The van der Waals surface area contributed by atoms with Gasteiger partial charge in [0, 0.05) is 33.9 Å². The molecule has 0 atom stereocenters. The lowest BCUT2D eigenvalue weighted by Gasteiger charge is -2.51. The van der Waals surface area contributed by atoms with Gasteiger partial charge in [-0.1, -0.05) is 211 Å². The van der Waals surface area contributed by atoms with E-state index < -0.39 is 8.07 Å². The number of hydrogen-bond acceptors (Lipinski definition) is 2. The van der Waals surface area contributed by atoms with Crippen molar-refractivity contribution >= 4 is 86.0 Å². The quantitative estimate of drug-likeness (QED) is 0.154. The summed E-state index contributed by atoms with van der Waals surface area (Å²) in [7, 11) is -2.98. The van der Waals surface area contributed by atoms with Crippen LogP contribution in [-0.4, -0.2) is 14.8 Å². The molecule has 0 aliphatic carbocycles. The van der Waals surface area contributed by atoms with Crippen molar-refractivity contribution in [2.45, 2.75) is 59.3 Å². The highest BCUT2D eigenvalue weighted by Gasteiger charge is 2.56. The minimum absolute atomic E-state index is 0.0278. The molecule has 9 aromatic carbocycles. The highest BCUT2D eigenvalue weighted by Crippen LogP contribution is 2.49. The Bertz CT molecular complexity index is 3160. The summed E-state index contributed by atoms with van der Waals surface area (Å²) >= 11 is 0. The molecule has 0 fully saturated rings. The van der Waals surface area contributed by atoms with E-state index >= 15 is 0 Å². The zero-order chi connectivity index (χ0) is 45.8. The number of nitrogens with zero attached hydrogens (tertiary/aromatic N) is 2. The Balaban J connectivity index is 1.21. The van der Waals surface area contributed by atoms with E-state index in [0.717, 1.165) is 0 Å². The van der Waals surface area contributed by atoms with Gasteiger partial charge in [-0.15, -0.1) is 0 Å². The lowest BCUT2D eigenvalue weighted by atomic mass is 9.33. The predicted octanol–water partition coefficient (Wildman–Crippen LogP) is 11.7. The van der Waals surface area contributed by atoms with Gasteiger partial charge in [0.2, 0.25) is 0 Å². The zero-order valence-electron chi connectivity index (χ0n) is 39.6. The van der Waals surface area contributed by atoms with Gasteiger partial charge in [0.15, 0.2) is 8.07 Å². The average Bonchev–Trinajstić information content (AvgIpc) is 3.34. The molecule has 3 aliphatic heterocycles. The van der Waals surface area contributed by atoms with Crippen molar-refractivity contribution in [1.82, 2.24) is 0 Å². The number of anilines is 6. The second-order valence-electron chi connectivity index (χ2n) is 21.0. The Hall–Kier alpha value is -7.14. The summed E-state index contributed by atoms with van der Waals surface area (Å²) in [6, 6.07) is 79.2. The van der Waals surface area contributed by atoms with Crippen molar-refractivity contribution in [2.75, 3.05) is 9.80 Å². The van der Waals surface area contributed by atoms with Crippen LogP contribution in [0.1, 0.15) is 58.2 Å². The normalized spacial score (nSPS) is 14.2. The first-order valence-corrected chi connectivity index (χ1v) is 26.0. The molecule has 0 amide bonds. The lowest BCUT2D eigenvalue weighted by molar-refractivity contribution is 0.590. The van der Waals surface area contributed by atoms with E-state index in [1.807, 2.05) is 0 Å². The molecule has 0 spiro atoms. The molecule has 4 heteroatoms. The maximum absolute atomic E-state index is 2.98. The second kappa shape index (κ2) is 15.2. The molecule has 0 aromatic heterocycles. The first-order chi connectivity index (χ1) is 32.4. The zero-order valence-corrected chi connectivity index (χ0v) is 40.6. The molecule has 3 aliphatic rings. The van der Waals surface area contributed by atoms with E-state index in [1.54, 1.807) is 0 Å². The molecule has 0 saturated carbocycles. The fourth-order valence-electron chi connectivity index (χ4n) is 11.8. The van der Waals surface area contributed by atoms with E-state index in [9.17, 15) is 0 Å². The minimum Gasteiger partial charge on any atom is -0.311 e. The van der Waals surface area contributed by atoms with Crippen molar-refractivity contribution < 1.29 is 0 Å². The number of aryl methyl sites for hydroxylation is 1. The van der Waals surface area contributed by atoms with Crippen LogP contribution in [0.5, 0.6) is 0 Å². The van der Waals surface area contributed by atoms with Crippen LogP contribution in [0, 0.1) is 6.92 Å². The number of benzene rings is 9. The second-order valence-corrected chi connectivity index (χ2v) is 24.7. The predicted molar refractivity (Wildman–Crippen MR) is 291 cm³/mol. The Morgan fingerprint density at radius 3 is 1.13 bits per heavy atom. The van der Waals surface area contributed by atoms with Gasteiger partial charge in [0.25, 0.3) is 6.71 Å². The molecule has 67 heavy (non-hydrogen) atoms. The maximum atomic E-state index is 2.64. The average molecular weight is 879 g/mol. The number of rotatable bonds is 6. The van der Waals surface area contributed by atoms with Gasteiger partial charge in [-0.3, -0.25) is 0 Å². The first kappa shape index (κ1) is 41.3. The number of hydrogen-bond donors (Lipinski definition) is 0. The summed E-state index contributed by atoms with van der Waals surface area (Å²) in [5.41, 5.74) is 20.5. The van der Waals surface area contributed by atoms with Crippen LogP contribution in [0.4, 0.5) is 34.1 Å². The lowest BCUT2D eigenvalue weighted by Crippen LogP contribution is -2.88. The summed E-state index contributed by atoms with van der Waals surface area (Å²) < 4.78 is 0. The minimum atomic E-state index is -2.98. The summed E-state index contributed by atoms with van der Waals surface area (Å²) in [6.45, 7) is 16.1. The van der Waals surface area contributed by atoms with Crippen LogP contribution in [0.25, 0.3) is 22.3 Å². The van der Waals surface area contributed by atoms with Gasteiger partial charge in [0.1, 0.15) is 0 Å². The van der Waals surface area contributed by atoms with E-state index in [4.69, 9.17) is 0 Å². The Kier molecular flexibility index (Phi) is 9.37. The molecule has 12 rings (SSSR count). The molecular formula is C63H55BN2Si. The van der Waals surface area contributed by atoms with Crippen molar-refractivity contribution in [3.05, 3.63) is 223 Å². The van der Waals surface area contributed by atoms with Crippen LogP contribution in [0.2, 0.25) is 0 Å². The van der Waals surface area contributed by atoms with Crippen LogP contribution in [-0.2, 0) is 10.8 Å². The molecule has 0 saturated heterocycles. The van der Waals surface area contributed by atoms with Gasteiger partial charge in [-0.25, -0.2) is 0 Å². The van der Waals surface area contributed by atoms with Crippen molar-refractivity contribution in [3.63, 3.8) is 0 Å². The topological polar surface area (TPSA) is 6.48 Å². The molecule has 9 aromatic rings. The maximum Gasteiger partial charge on any atom is 0.251 e. The van der Waals surface area contributed by atoms with E-state index in [-0.39, 0.29) is 17.5 Å². The Labute approximate surface area is 398 Å². The van der Waals surface area contributed by atoms with Crippen LogP contribution >= 0.6 is 0 Å². The van der Waals surface area contributed by atoms with E-state index in [1.165, 1.54) is 110 Å². The van der Waals surface area contributed by atoms with Crippen LogP contribution < -0.4 is 46.9 Å². The molecule has 3 heterocycles. The standard InChI is InChI=1S/C63H55BN2Si/c1-42-40-55-59-56(41-42)66(52-27-17-15-25-50(52)44-34-38-46(39-35-44)63(5,6)7)54-29-19-31-58-61(54)64(59)60-53(65(55)51-26-16-14-24-49(51)43-32-36-45(37-33-43)62(2,3)4)28-18-30-57(60)67(58,47-20-10-8-11-21-47)48-22-12-9-13-23-48/h8-41H,1-7H3. The molecule has 2 nitrogen and oxygen atoms in total. The van der Waals surface area contributed by atoms with Gasteiger partial charge in [-0.05, 0) is 119 Å². The third kappa shape index (κ3) is 6.22. The largest absolute Gasteiger partial charge is 0.311 e.